The van der Waals surface area contributed by atoms with Gasteiger partial charge in [-0.05, 0) is 42.7 Å². The molecule has 0 bridgehead atoms. The molecular weight excluding hydrogens is 512 g/mol. The van der Waals surface area contributed by atoms with Gasteiger partial charge in [-0.25, -0.2) is 8.42 Å². The standard InChI is InChI=1S/C27H36N2O8S/c1-27(2)17-36-26(19-7-9-20(35-3)10-8-19)37-23(27)25(32)29-16-14-22(30)24(31)28-15-13-18-5-11-21(12-6-18)38(4,33)34/h5-12,22-23,26,30H,13-17H2,1-4H3,(H,28,31)(H,29,32)/t22?,23-,26?/m0/s1. The molecule has 38 heavy (non-hydrogen) atoms. The van der Waals surface area contributed by atoms with Crippen LogP contribution in [0.25, 0.3) is 0 Å². The number of hydrogen-bond acceptors (Lipinski definition) is 8. The largest absolute Gasteiger partial charge is 0.497 e. The topological polar surface area (TPSA) is 140 Å². The summed E-state index contributed by atoms with van der Waals surface area (Å²) < 4.78 is 40.1. The molecule has 1 aliphatic rings. The van der Waals surface area contributed by atoms with Gasteiger partial charge in [-0.3, -0.25) is 9.59 Å². The lowest BCUT2D eigenvalue weighted by molar-refractivity contribution is -0.258. The predicted molar refractivity (Wildman–Crippen MR) is 140 cm³/mol. The number of sulfone groups is 1. The van der Waals surface area contributed by atoms with E-state index in [0.717, 1.165) is 17.4 Å². The molecule has 1 aliphatic heterocycles. The molecular formula is C27H36N2O8S. The number of hydrogen-bond donors (Lipinski definition) is 3. The molecule has 1 saturated heterocycles. The number of carbonyl (C=O) groups is 2. The van der Waals surface area contributed by atoms with Gasteiger partial charge in [0.1, 0.15) is 18.0 Å². The zero-order valence-electron chi connectivity index (χ0n) is 22.1. The van der Waals surface area contributed by atoms with Crippen molar-refractivity contribution in [2.45, 2.75) is 50.1 Å². The summed E-state index contributed by atoms with van der Waals surface area (Å²) >= 11 is 0. The molecule has 2 unspecified atom stereocenters. The Labute approximate surface area is 223 Å². The van der Waals surface area contributed by atoms with Crippen molar-refractivity contribution in [2.24, 2.45) is 5.41 Å². The first kappa shape index (κ1) is 29.6. The lowest BCUT2D eigenvalue weighted by Crippen LogP contribution is -2.52. The van der Waals surface area contributed by atoms with Crippen LogP contribution in [0.15, 0.2) is 53.4 Å². The van der Waals surface area contributed by atoms with E-state index in [1.165, 1.54) is 12.1 Å². The zero-order valence-corrected chi connectivity index (χ0v) is 22.9. The van der Waals surface area contributed by atoms with Gasteiger partial charge in [0, 0.05) is 30.3 Å². The molecule has 11 heteroatoms. The van der Waals surface area contributed by atoms with Crippen LogP contribution in [0.2, 0.25) is 0 Å². The van der Waals surface area contributed by atoms with Crippen molar-refractivity contribution in [3.8, 4) is 5.75 Å². The first-order valence-corrected chi connectivity index (χ1v) is 14.2. The van der Waals surface area contributed by atoms with Crippen LogP contribution in [0.1, 0.15) is 37.7 Å². The van der Waals surface area contributed by atoms with E-state index in [1.807, 2.05) is 26.0 Å². The summed E-state index contributed by atoms with van der Waals surface area (Å²) in [4.78, 5) is 25.4. The van der Waals surface area contributed by atoms with E-state index in [1.54, 1.807) is 31.4 Å². The van der Waals surface area contributed by atoms with Gasteiger partial charge in [0.2, 0.25) is 11.8 Å². The number of amides is 2. The highest BCUT2D eigenvalue weighted by atomic mass is 32.2. The van der Waals surface area contributed by atoms with Crippen molar-refractivity contribution in [1.82, 2.24) is 10.6 Å². The van der Waals surface area contributed by atoms with Gasteiger partial charge in [0.05, 0.1) is 18.6 Å². The predicted octanol–water partition coefficient (Wildman–Crippen LogP) is 1.77. The van der Waals surface area contributed by atoms with Crippen LogP contribution in [-0.2, 0) is 35.3 Å². The second-order valence-corrected chi connectivity index (χ2v) is 12.0. The van der Waals surface area contributed by atoms with Crippen LogP contribution >= 0.6 is 0 Å². The maximum Gasteiger partial charge on any atom is 0.249 e. The molecule has 0 aromatic heterocycles. The van der Waals surface area contributed by atoms with E-state index >= 15 is 0 Å². The number of carbonyl (C=O) groups excluding carboxylic acids is 2. The Balaban J connectivity index is 1.43. The summed E-state index contributed by atoms with van der Waals surface area (Å²) in [5, 5.41) is 15.6. The van der Waals surface area contributed by atoms with Gasteiger partial charge in [-0.15, -0.1) is 0 Å². The normalized spacial score (nSPS) is 19.8. The van der Waals surface area contributed by atoms with Gasteiger partial charge in [-0.2, -0.15) is 0 Å². The third kappa shape index (κ3) is 8.00. The molecule has 3 N–H and O–H groups in total. The average Bonchev–Trinajstić information content (AvgIpc) is 2.88. The summed E-state index contributed by atoms with van der Waals surface area (Å²) in [7, 11) is -1.68. The highest BCUT2D eigenvalue weighted by Gasteiger charge is 2.43. The molecule has 2 aromatic carbocycles. The van der Waals surface area contributed by atoms with Crippen LogP contribution in [0.3, 0.4) is 0 Å². The Morgan fingerprint density at radius 2 is 1.74 bits per heavy atom. The second kappa shape index (κ2) is 12.7. The molecule has 0 radical (unpaired) electrons. The van der Waals surface area contributed by atoms with E-state index in [0.29, 0.717) is 18.8 Å². The fourth-order valence-electron chi connectivity index (χ4n) is 3.97. The average molecular weight is 549 g/mol. The molecule has 208 valence electrons. The van der Waals surface area contributed by atoms with Crippen molar-refractivity contribution in [3.05, 3.63) is 59.7 Å². The van der Waals surface area contributed by atoms with Crippen LogP contribution in [0.4, 0.5) is 0 Å². The van der Waals surface area contributed by atoms with Crippen LogP contribution < -0.4 is 15.4 Å². The number of nitrogens with one attached hydrogen (secondary N) is 2. The Hall–Kier alpha value is -2.99. The fourth-order valence-corrected chi connectivity index (χ4v) is 4.60. The Kier molecular flexibility index (Phi) is 9.88. The van der Waals surface area contributed by atoms with Crippen LogP contribution in [-0.4, -0.2) is 70.6 Å². The van der Waals surface area contributed by atoms with Crippen LogP contribution in [0, 0.1) is 5.41 Å². The monoisotopic (exact) mass is 548 g/mol. The van der Waals surface area contributed by atoms with Crippen molar-refractivity contribution in [1.29, 1.82) is 0 Å². The maximum absolute atomic E-state index is 12.9. The van der Waals surface area contributed by atoms with E-state index in [-0.39, 0.29) is 30.3 Å². The van der Waals surface area contributed by atoms with E-state index in [4.69, 9.17) is 14.2 Å². The van der Waals surface area contributed by atoms with Crippen molar-refractivity contribution >= 4 is 21.7 Å². The van der Waals surface area contributed by atoms with Crippen molar-refractivity contribution in [2.75, 3.05) is 33.1 Å². The Morgan fingerprint density at radius 3 is 2.34 bits per heavy atom. The molecule has 1 heterocycles. The summed E-state index contributed by atoms with van der Waals surface area (Å²) in [6.45, 7) is 4.42. The number of methoxy groups -OCH3 is 1. The summed E-state index contributed by atoms with van der Waals surface area (Å²) in [5.74, 6) is -0.193. The molecule has 0 aliphatic carbocycles. The van der Waals surface area contributed by atoms with Gasteiger partial charge >= 0.3 is 0 Å². The lowest BCUT2D eigenvalue weighted by Gasteiger charge is -2.41. The molecule has 2 aromatic rings. The Bertz CT molecular complexity index is 1200. The lowest BCUT2D eigenvalue weighted by atomic mass is 9.85. The number of ether oxygens (including phenoxy) is 3. The zero-order chi connectivity index (χ0) is 27.9. The fraction of sp³-hybridized carbons (Fsp3) is 0.481. The van der Waals surface area contributed by atoms with E-state index < -0.39 is 39.7 Å². The van der Waals surface area contributed by atoms with Gasteiger partial charge in [-0.1, -0.05) is 38.1 Å². The molecule has 0 saturated carbocycles. The first-order valence-electron chi connectivity index (χ1n) is 12.3. The minimum absolute atomic E-state index is 0.0339. The highest BCUT2D eigenvalue weighted by molar-refractivity contribution is 7.90. The minimum Gasteiger partial charge on any atom is -0.497 e. The molecule has 3 rings (SSSR count). The third-order valence-corrected chi connectivity index (χ3v) is 7.41. The van der Waals surface area contributed by atoms with Crippen LogP contribution in [0.5, 0.6) is 5.75 Å². The molecule has 2 amide bonds. The SMILES string of the molecule is COc1ccc(C2OCC(C)(C)[C@H](C(=O)NCCC(O)C(=O)NCCc3ccc(S(C)(=O)=O)cc3)O2)cc1. The highest BCUT2D eigenvalue weighted by Crippen LogP contribution is 2.36. The number of benzene rings is 2. The molecule has 10 nitrogen and oxygen atoms in total. The number of rotatable bonds is 11. The Morgan fingerprint density at radius 1 is 1.08 bits per heavy atom. The molecule has 3 atom stereocenters. The quantitative estimate of drug-likeness (QED) is 0.386. The second-order valence-electron chi connectivity index (χ2n) is 9.97. The summed E-state index contributed by atoms with van der Waals surface area (Å²) in [6, 6.07) is 13.6. The van der Waals surface area contributed by atoms with Gasteiger partial charge < -0.3 is 30.0 Å². The van der Waals surface area contributed by atoms with Crippen molar-refractivity contribution in [3.63, 3.8) is 0 Å². The smallest absolute Gasteiger partial charge is 0.249 e. The van der Waals surface area contributed by atoms with Crippen molar-refractivity contribution < 1.29 is 37.3 Å². The summed E-state index contributed by atoms with van der Waals surface area (Å²) in [6.07, 6.45) is -1.13. The van der Waals surface area contributed by atoms with Gasteiger partial charge in [0.25, 0.3) is 0 Å². The minimum atomic E-state index is -3.26. The first-order chi connectivity index (χ1) is 17.9. The molecule has 0 spiro atoms. The van der Waals surface area contributed by atoms with E-state index in [9.17, 15) is 23.1 Å². The maximum atomic E-state index is 12.9. The summed E-state index contributed by atoms with van der Waals surface area (Å²) in [5.41, 5.74) is 1.03. The number of aliphatic hydroxyl groups excluding tert-OH is 1. The van der Waals surface area contributed by atoms with E-state index in [2.05, 4.69) is 10.6 Å². The molecule has 1 fully saturated rings. The third-order valence-electron chi connectivity index (χ3n) is 6.29. The van der Waals surface area contributed by atoms with Gasteiger partial charge in [0.15, 0.2) is 16.1 Å². The number of aliphatic hydroxyl groups is 1.